The summed E-state index contributed by atoms with van der Waals surface area (Å²) >= 11 is 3.52. The number of hydrogen-bond acceptors (Lipinski definition) is 3. The molecule has 0 bridgehead atoms. The molecular formula is C23H25BrF2N2O4. The molecule has 0 saturated carbocycles. The fourth-order valence-electron chi connectivity index (χ4n) is 4.30. The highest BCUT2D eigenvalue weighted by Crippen LogP contribution is 2.37. The van der Waals surface area contributed by atoms with E-state index in [0.717, 1.165) is 46.6 Å². The average Bonchev–Trinajstić information content (AvgIpc) is 2.70. The smallest absolute Gasteiger partial charge is 0.407 e. The molecule has 2 amide bonds. The Labute approximate surface area is 193 Å². The number of benzene rings is 2. The Morgan fingerprint density at radius 2 is 1.94 bits per heavy atom. The van der Waals surface area contributed by atoms with Crippen molar-refractivity contribution < 1.29 is 28.6 Å². The SMILES string of the molecule is CC(=O)NC(Cc1cc(F)cc(F)c1)C(O)CN(C(=O)O)C1CCCc2c(Br)cccc21. The number of carbonyl (C=O) groups excluding carboxylic acids is 1. The number of rotatable bonds is 7. The average molecular weight is 511 g/mol. The first-order valence-electron chi connectivity index (χ1n) is 10.3. The molecule has 1 aliphatic carbocycles. The van der Waals surface area contributed by atoms with Gasteiger partial charge in [-0.2, -0.15) is 0 Å². The van der Waals surface area contributed by atoms with Crippen LogP contribution in [0.15, 0.2) is 40.9 Å². The van der Waals surface area contributed by atoms with Crippen LogP contribution in [0.5, 0.6) is 0 Å². The number of halogens is 3. The number of nitrogens with one attached hydrogen (secondary N) is 1. The first-order chi connectivity index (χ1) is 15.2. The maximum absolute atomic E-state index is 13.6. The topological polar surface area (TPSA) is 89.9 Å². The van der Waals surface area contributed by atoms with Crippen LogP contribution < -0.4 is 5.32 Å². The summed E-state index contributed by atoms with van der Waals surface area (Å²) in [4.78, 5) is 25.0. The van der Waals surface area contributed by atoms with Crippen molar-refractivity contribution in [2.75, 3.05) is 6.54 Å². The monoisotopic (exact) mass is 510 g/mol. The minimum atomic E-state index is -1.29. The van der Waals surface area contributed by atoms with E-state index in [2.05, 4.69) is 21.2 Å². The lowest BCUT2D eigenvalue weighted by atomic mass is 9.86. The van der Waals surface area contributed by atoms with Gasteiger partial charge in [-0.1, -0.05) is 28.1 Å². The Bertz CT molecular complexity index is 984. The second-order valence-electron chi connectivity index (χ2n) is 8.01. The Hall–Kier alpha value is -2.52. The Morgan fingerprint density at radius 1 is 1.25 bits per heavy atom. The molecule has 0 fully saturated rings. The van der Waals surface area contributed by atoms with Crippen LogP contribution in [0.1, 0.15) is 42.5 Å². The van der Waals surface area contributed by atoms with Crippen molar-refractivity contribution in [3.8, 4) is 0 Å². The number of nitrogens with zero attached hydrogens (tertiary/aromatic N) is 1. The third kappa shape index (κ3) is 5.83. The second kappa shape index (κ2) is 10.4. The van der Waals surface area contributed by atoms with Crippen LogP contribution in [-0.4, -0.2) is 45.8 Å². The Balaban J connectivity index is 1.84. The number of aliphatic hydroxyl groups is 1. The van der Waals surface area contributed by atoms with Gasteiger partial charge in [-0.15, -0.1) is 0 Å². The van der Waals surface area contributed by atoms with Crippen LogP contribution in [0.3, 0.4) is 0 Å². The summed E-state index contributed by atoms with van der Waals surface area (Å²) in [6.07, 6.45) is -0.335. The van der Waals surface area contributed by atoms with Crippen molar-refractivity contribution in [3.63, 3.8) is 0 Å². The van der Waals surface area contributed by atoms with Gasteiger partial charge in [-0.05, 0) is 60.6 Å². The number of carbonyl (C=O) groups is 2. The summed E-state index contributed by atoms with van der Waals surface area (Å²) in [5, 5.41) is 23.4. The van der Waals surface area contributed by atoms with Crippen LogP contribution in [0.25, 0.3) is 0 Å². The lowest BCUT2D eigenvalue weighted by Crippen LogP contribution is -2.51. The van der Waals surface area contributed by atoms with Crippen LogP contribution >= 0.6 is 15.9 Å². The fourth-order valence-corrected chi connectivity index (χ4v) is 4.88. The van der Waals surface area contributed by atoms with Crippen LogP contribution in [0.2, 0.25) is 0 Å². The molecule has 0 saturated heterocycles. The normalized spacial score (nSPS) is 17.2. The molecule has 0 aliphatic heterocycles. The van der Waals surface area contributed by atoms with E-state index in [4.69, 9.17) is 0 Å². The molecule has 3 rings (SSSR count). The highest BCUT2D eigenvalue weighted by Gasteiger charge is 2.33. The van der Waals surface area contributed by atoms with Gasteiger partial charge in [0.2, 0.25) is 5.91 Å². The van der Waals surface area contributed by atoms with E-state index in [9.17, 15) is 28.6 Å². The predicted octanol–water partition coefficient (Wildman–Crippen LogP) is 4.19. The third-order valence-corrected chi connectivity index (χ3v) is 6.40. The van der Waals surface area contributed by atoms with Gasteiger partial charge in [0.05, 0.1) is 24.7 Å². The number of fused-ring (bicyclic) bond motifs is 1. The van der Waals surface area contributed by atoms with Crippen molar-refractivity contribution in [1.82, 2.24) is 10.2 Å². The van der Waals surface area contributed by atoms with Gasteiger partial charge in [0.1, 0.15) is 11.6 Å². The number of aliphatic hydroxyl groups excluding tert-OH is 1. The van der Waals surface area contributed by atoms with E-state index in [1.165, 1.54) is 11.8 Å². The van der Waals surface area contributed by atoms with Crippen molar-refractivity contribution >= 4 is 27.9 Å². The summed E-state index contributed by atoms with van der Waals surface area (Å²) < 4.78 is 28.1. The van der Waals surface area contributed by atoms with E-state index in [1.807, 2.05) is 18.2 Å². The summed E-state index contributed by atoms with van der Waals surface area (Å²) in [7, 11) is 0. The molecule has 0 radical (unpaired) electrons. The molecule has 3 unspecified atom stereocenters. The van der Waals surface area contributed by atoms with Gasteiger partial charge in [-0.3, -0.25) is 9.69 Å². The molecule has 0 heterocycles. The maximum atomic E-state index is 13.6. The molecule has 172 valence electrons. The Morgan fingerprint density at radius 3 is 2.56 bits per heavy atom. The maximum Gasteiger partial charge on any atom is 0.407 e. The van der Waals surface area contributed by atoms with Crippen LogP contribution in [0, 0.1) is 11.6 Å². The molecular weight excluding hydrogens is 486 g/mol. The number of hydrogen-bond donors (Lipinski definition) is 3. The van der Waals surface area contributed by atoms with Crippen molar-refractivity contribution in [1.29, 1.82) is 0 Å². The molecule has 2 aromatic carbocycles. The van der Waals surface area contributed by atoms with E-state index in [1.54, 1.807) is 0 Å². The minimum Gasteiger partial charge on any atom is -0.465 e. The summed E-state index contributed by atoms with van der Waals surface area (Å²) in [5.74, 6) is -1.99. The van der Waals surface area contributed by atoms with E-state index < -0.39 is 41.8 Å². The first-order valence-corrected chi connectivity index (χ1v) is 11.1. The molecule has 3 atom stereocenters. The number of carboxylic acid groups (broad SMARTS) is 1. The van der Waals surface area contributed by atoms with E-state index >= 15 is 0 Å². The summed E-state index contributed by atoms with van der Waals surface area (Å²) in [6.45, 7) is 0.991. The highest BCUT2D eigenvalue weighted by molar-refractivity contribution is 9.10. The van der Waals surface area contributed by atoms with Gasteiger partial charge in [0.25, 0.3) is 0 Å². The van der Waals surface area contributed by atoms with Gasteiger partial charge < -0.3 is 15.5 Å². The predicted molar refractivity (Wildman–Crippen MR) is 118 cm³/mol. The third-order valence-electron chi connectivity index (χ3n) is 5.66. The van der Waals surface area contributed by atoms with Crippen LogP contribution in [0.4, 0.5) is 13.6 Å². The largest absolute Gasteiger partial charge is 0.465 e. The van der Waals surface area contributed by atoms with Crippen molar-refractivity contribution in [3.05, 3.63) is 69.2 Å². The second-order valence-corrected chi connectivity index (χ2v) is 8.86. The molecule has 1 aliphatic rings. The molecule has 0 spiro atoms. The zero-order chi connectivity index (χ0) is 23.4. The van der Waals surface area contributed by atoms with E-state index in [-0.39, 0.29) is 18.5 Å². The van der Waals surface area contributed by atoms with Crippen molar-refractivity contribution in [2.24, 2.45) is 0 Å². The summed E-state index contributed by atoms with van der Waals surface area (Å²) in [6, 6.07) is 7.23. The summed E-state index contributed by atoms with van der Waals surface area (Å²) in [5.41, 5.74) is 2.16. The fraction of sp³-hybridized carbons (Fsp3) is 0.391. The molecule has 2 aromatic rings. The molecule has 9 heteroatoms. The lowest BCUT2D eigenvalue weighted by Gasteiger charge is -2.37. The van der Waals surface area contributed by atoms with Crippen LogP contribution in [-0.2, 0) is 17.6 Å². The van der Waals surface area contributed by atoms with Gasteiger partial charge in [0, 0.05) is 17.5 Å². The zero-order valence-electron chi connectivity index (χ0n) is 17.5. The van der Waals surface area contributed by atoms with Gasteiger partial charge in [-0.25, -0.2) is 13.6 Å². The standard InChI is InChI=1S/C23H25BrF2N2O4/c1-13(29)27-20(10-14-8-15(25)11-16(26)9-14)22(30)12-28(23(31)32)21-7-3-4-17-18(21)5-2-6-19(17)24/h2,5-6,8-9,11,20-22,30H,3-4,7,10,12H2,1H3,(H,27,29)(H,31,32). The minimum absolute atomic E-state index is 0.0598. The van der Waals surface area contributed by atoms with Gasteiger partial charge in [0.15, 0.2) is 0 Å². The van der Waals surface area contributed by atoms with E-state index in [0.29, 0.717) is 6.42 Å². The van der Waals surface area contributed by atoms with Gasteiger partial charge >= 0.3 is 6.09 Å². The highest BCUT2D eigenvalue weighted by atomic mass is 79.9. The number of amides is 2. The molecule has 3 N–H and O–H groups in total. The molecule has 6 nitrogen and oxygen atoms in total. The Kier molecular flexibility index (Phi) is 7.84. The molecule has 0 aromatic heterocycles. The molecule has 32 heavy (non-hydrogen) atoms. The zero-order valence-corrected chi connectivity index (χ0v) is 19.1. The first kappa shape index (κ1) is 24.1. The quantitative estimate of drug-likeness (QED) is 0.520. The van der Waals surface area contributed by atoms with Crippen molar-refractivity contribution in [2.45, 2.75) is 50.8 Å². The lowest BCUT2D eigenvalue weighted by molar-refractivity contribution is -0.120.